The number of rotatable bonds is 0. The molecule has 15 heavy (non-hydrogen) atoms. The van der Waals surface area contributed by atoms with Crippen LogP contribution in [0.4, 0.5) is 11.4 Å². The predicted molar refractivity (Wildman–Crippen MR) is 59.1 cm³/mol. The molecule has 0 fully saturated rings. The highest BCUT2D eigenvalue weighted by Crippen LogP contribution is 2.44. The second-order valence-electron chi connectivity index (χ2n) is 3.39. The highest BCUT2D eigenvalue weighted by atomic mass is 16.3. The Morgan fingerprint density at radius 1 is 1.00 bits per heavy atom. The van der Waals surface area contributed by atoms with Crippen molar-refractivity contribution >= 4 is 28.5 Å². The Morgan fingerprint density at radius 3 is 2.53 bits per heavy atom. The van der Waals surface area contributed by atoms with E-state index in [1.807, 2.05) is 0 Å². The Balaban J connectivity index is 2.56. The number of nitrogens with one attached hydrogen (secondary N) is 1. The predicted octanol–water partition coefficient (Wildman–Crippen LogP) is 2.34. The van der Waals surface area contributed by atoms with Gasteiger partial charge in [-0.1, -0.05) is 12.1 Å². The van der Waals surface area contributed by atoms with Crippen molar-refractivity contribution < 1.29 is 10.2 Å². The van der Waals surface area contributed by atoms with E-state index >= 15 is 0 Å². The zero-order chi connectivity index (χ0) is 10.4. The first-order chi connectivity index (χ1) is 7.27. The monoisotopic (exact) mass is 200 g/mol. The van der Waals surface area contributed by atoms with Crippen LogP contribution in [-0.4, -0.2) is 16.6 Å². The molecule has 0 aliphatic carbocycles. The van der Waals surface area contributed by atoms with E-state index in [2.05, 4.69) is 10.3 Å². The Hall–Kier alpha value is -2.23. The largest absolute Gasteiger partial charge is 0.506 e. The summed E-state index contributed by atoms with van der Waals surface area (Å²) < 4.78 is 0. The van der Waals surface area contributed by atoms with E-state index < -0.39 is 0 Å². The van der Waals surface area contributed by atoms with E-state index in [1.165, 1.54) is 6.34 Å². The highest BCUT2D eigenvalue weighted by Gasteiger charge is 2.15. The van der Waals surface area contributed by atoms with Crippen LogP contribution >= 0.6 is 0 Å². The van der Waals surface area contributed by atoms with Crippen molar-refractivity contribution in [1.82, 2.24) is 0 Å². The number of phenols is 2. The molecule has 0 radical (unpaired) electrons. The maximum Gasteiger partial charge on any atom is 0.141 e. The molecule has 0 bridgehead atoms. The summed E-state index contributed by atoms with van der Waals surface area (Å²) in [6.45, 7) is 0. The summed E-state index contributed by atoms with van der Waals surface area (Å²) in [5.74, 6) is 0.271. The smallest absolute Gasteiger partial charge is 0.141 e. The van der Waals surface area contributed by atoms with Gasteiger partial charge in [0.15, 0.2) is 0 Å². The van der Waals surface area contributed by atoms with Crippen molar-refractivity contribution in [3.8, 4) is 11.5 Å². The first-order valence-electron chi connectivity index (χ1n) is 4.54. The average Bonchev–Trinajstić information content (AvgIpc) is 2.27. The van der Waals surface area contributed by atoms with Crippen molar-refractivity contribution in [1.29, 1.82) is 0 Å². The van der Waals surface area contributed by atoms with E-state index in [-0.39, 0.29) is 11.5 Å². The normalized spacial score (nSPS) is 12.8. The van der Waals surface area contributed by atoms with Gasteiger partial charge in [-0.15, -0.1) is 0 Å². The molecule has 0 saturated carbocycles. The SMILES string of the molecule is Oc1ccc2ccc(O)c3c2c1N=CN3. The molecule has 0 spiro atoms. The fourth-order valence-corrected chi connectivity index (χ4v) is 1.82. The van der Waals surface area contributed by atoms with Gasteiger partial charge in [-0.2, -0.15) is 0 Å². The lowest BCUT2D eigenvalue weighted by atomic mass is 10.0. The molecule has 4 heteroatoms. The minimum Gasteiger partial charge on any atom is -0.506 e. The molecule has 1 aliphatic rings. The Morgan fingerprint density at radius 2 is 1.73 bits per heavy atom. The van der Waals surface area contributed by atoms with E-state index in [0.29, 0.717) is 11.4 Å². The minimum atomic E-state index is 0.118. The van der Waals surface area contributed by atoms with Crippen LogP contribution in [0, 0.1) is 0 Å². The summed E-state index contributed by atoms with van der Waals surface area (Å²) in [5, 5.41) is 23.8. The van der Waals surface area contributed by atoms with Crippen LogP contribution in [0.2, 0.25) is 0 Å². The molecular formula is C11H8N2O2. The van der Waals surface area contributed by atoms with Gasteiger partial charge < -0.3 is 15.5 Å². The maximum atomic E-state index is 9.65. The fourth-order valence-electron chi connectivity index (χ4n) is 1.82. The van der Waals surface area contributed by atoms with Crippen LogP contribution in [0.5, 0.6) is 11.5 Å². The van der Waals surface area contributed by atoms with Crippen molar-refractivity contribution in [3.63, 3.8) is 0 Å². The second kappa shape index (κ2) is 2.63. The molecule has 1 heterocycles. The van der Waals surface area contributed by atoms with Crippen LogP contribution in [-0.2, 0) is 0 Å². The van der Waals surface area contributed by atoms with Gasteiger partial charge in [0, 0.05) is 5.39 Å². The number of aliphatic imine (C=N–C) groups is 1. The molecule has 3 rings (SSSR count). The topological polar surface area (TPSA) is 64.8 Å². The molecule has 0 aromatic heterocycles. The zero-order valence-corrected chi connectivity index (χ0v) is 7.73. The van der Waals surface area contributed by atoms with Gasteiger partial charge in [-0.05, 0) is 17.5 Å². The van der Waals surface area contributed by atoms with Gasteiger partial charge in [0.05, 0.1) is 12.0 Å². The third-order valence-electron chi connectivity index (χ3n) is 2.52. The number of nitrogens with zero attached hydrogens (tertiary/aromatic N) is 1. The molecule has 74 valence electrons. The van der Waals surface area contributed by atoms with Crippen molar-refractivity contribution in [2.75, 3.05) is 5.32 Å². The van der Waals surface area contributed by atoms with Crippen LogP contribution in [0.25, 0.3) is 10.8 Å². The molecular weight excluding hydrogens is 192 g/mol. The van der Waals surface area contributed by atoms with E-state index in [0.717, 1.165) is 10.8 Å². The fraction of sp³-hybridized carbons (Fsp3) is 0. The Kier molecular flexibility index (Phi) is 1.42. The van der Waals surface area contributed by atoms with Crippen molar-refractivity contribution in [3.05, 3.63) is 24.3 Å². The molecule has 0 saturated heterocycles. The minimum absolute atomic E-state index is 0.118. The van der Waals surface area contributed by atoms with Gasteiger partial charge in [-0.25, -0.2) is 4.99 Å². The van der Waals surface area contributed by atoms with Crippen LogP contribution < -0.4 is 5.32 Å². The number of anilines is 1. The van der Waals surface area contributed by atoms with Gasteiger partial charge in [-0.3, -0.25) is 0 Å². The summed E-state index contributed by atoms with van der Waals surface area (Å²) in [4.78, 5) is 4.05. The number of phenolic OH excluding ortho intramolecular Hbond substituents is 2. The molecule has 0 unspecified atom stereocenters. The first-order valence-corrected chi connectivity index (χ1v) is 4.54. The second-order valence-corrected chi connectivity index (χ2v) is 3.39. The number of hydrogen-bond donors (Lipinski definition) is 3. The first kappa shape index (κ1) is 8.11. The summed E-state index contributed by atoms with van der Waals surface area (Å²) in [5.41, 5.74) is 1.09. The lowest BCUT2D eigenvalue weighted by Crippen LogP contribution is -2.00. The molecule has 0 amide bonds. The van der Waals surface area contributed by atoms with Crippen LogP contribution in [0.1, 0.15) is 0 Å². The van der Waals surface area contributed by atoms with E-state index in [1.54, 1.807) is 24.3 Å². The number of benzene rings is 2. The zero-order valence-electron chi connectivity index (χ0n) is 7.73. The third-order valence-corrected chi connectivity index (χ3v) is 2.52. The quantitative estimate of drug-likeness (QED) is 0.572. The molecule has 0 atom stereocenters. The molecule has 2 aromatic carbocycles. The van der Waals surface area contributed by atoms with Gasteiger partial charge in [0.25, 0.3) is 0 Å². The average molecular weight is 200 g/mol. The Labute approximate surface area is 85.5 Å². The van der Waals surface area contributed by atoms with Gasteiger partial charge in [0.2, 0.25) is 0 Å². The number of aromatic hydroxyl groups is 2. The molecule has 4 nitrogen and oxygen atoms in total. The van der Waals surface area contributed by atoms with Crippen LogP contribution in [0.3, 0.4) is 0 Å². The summed E-state index contributed by atoms with van der Waals surface area (Å²) in [6, 6.07) is 6.80. The summed E-state index contributed by atoms with van der Waals surface area (Å²) in [6.07, 6.45) is 1.45. The highest BCUT2D eigenvalue weighted by molar-refractivity contribution is 6.11. The summed E-state index contributed by atoms with van der Waals surface area (Å²) >= 11 is 0. The molecule has 1 aliphatic heterocycles. The molecule has 2 aromatic rings. The van der Waals surface area contributed by atoms with Crippen molar-refractivity contribution in [2.45, 2.75) is 0 Å². The van der Waals surface area contributed by atoms with Gasteiger partial charge >= 0.3 is 0 Å². The van der Waals surface area contributed by atoms with Crippen LogP contribution in [0.15, 0.2) is 29.3 Å². The molecule has 3 N–H and O–H groups in total. The number of hydrogen-bond acceptors (Lipinski definition) is 4. The standard InChI is InChI=1S/C11H8N2O2/c14-7-3-1-6-2-4-8(15)11-9(6)10(7)12-5-13-11/h1-5,14-15H,(H,12,13). The lowest BCUT2D eigenvalue weighted by Gasteiger charge is -2.15. The van der Waals surface area contributed by atoms with Gasteiger partial charge in [0.1, 0.15) is 17.2 Å². The Bertz CT molecular complexity index is 585. The van der Waals surface area contributed by atoms with Crippen molar-refractivity contribution in [2.24, 2.45) is 4.99 Å². The maximum absolute atomic E-state index is 9.65. The summed E-state index contributed by atoms with van der Waals surface area (Å²) in [7, 11) is 0. The lowest BCUT2D eigenvalue weighted by molar-refractivity contribution is 0.476. The third kappa shape index (κ3) is 0.985. The van der Waals surface area contributed by atoms with E-state index in [9.17, 15) is 10.2 Å². The van der Waals surface area contributed by atoms with E-state index in [4.69, 9.17) is 0 Å².